The number of piperidine rings is 1. The van der Waals surface area contributed by atoms with E-state index in [0.717, 1.165) is 32.2 Å². The number of hydrogen-bond donors (Lipinski definition) is 4. The summed E-state index contributed by atoms with van der Waals surface area (Å²) in [5.41, 5.74) is -0.177. The van der Waals surface area contributed by atoms with E-state index in [4.69, 9.17) is 0 Å². The van der Waals surface area contributed by atoms with Crippen molar-refractivity contribution in [2.45, 2.75) is 77.4 Å². The topological polar surface area (TPSA) is 123 Å². The first kappa shape index (κ1) is 22.2. The lowest BCUT2D eigenvalue weighted by atomic mass is 9.87. The molecule has 28 heavy (non-hydrogen) atoms. The van der Waals surface area contributed by atoms with Gasteiger partial charge in [0.2, 0.25) is 17.7 Å². The van der Waals surface area contributed by atoms with Gasteiger partial charge in [-0.2, -0.15) is 5.26 Å². The second kappa shape index (κ2) is 9.87. The Labute approximate surface area is 167 Å². The summed E-state index contributed by atoms with van der Waals surface area (Å²) in [6.07, 6.45) is 4.03. The van der Waals surface area contributed by atoms with Gasteiger partial charge < -0.3 is 21.3 Å². The fourth-order valence-electron chi connectivity index (χ4n) is 3.76. The molecule has 4 atom stereocenters. The lowest BCUT2D eigenvalue weighted by Gasteiger charge is -2.29. The van der Waals surface area contributed by atoms with E-state index in [1.54, 1.807) is 0 Å². The molecule has 2 aliphatic heterocycles. The molecule has 1 unspecified atom stereocenters. The van der Waals surface area contributed by atoms with Crippen LogP contribution in [0.3, 0.4) is 0 Å². The Morgan fingerprint density at radius 3 is 2.50 bits per heavy atom. The van der Waals surface area contributed by atoms with Gasteiger partial charge in [-0.05, 0) is 50.5 Å². The molecule has 3 amide bonds. The SMILES string of the molecule is CC(C)(C)C[C@H](NC(=O)C1CCCN1)C(=O)N[C@H](C#N)C[C@@H]1CCCNC1=O. The molecule has 2 rings (SSSR count). The minimum absolute atomic E-state index is 0.0624. The zero-order valence-electron chi connectivity index (χ0n) is 17.1. The average molecular weight is 392 g/mol. The molecule has 8 heteroatoms. The lowest BCUT2D eigenvalue weighted by Crippen LogP contribution is -2.54. The first-order chi connectivity index (χ1) is 13.2. The summed E-state index contributed by atoms with van der Waals surface area (Å²) in [5, 5.41) is 21.0. The Hall–Kier alpha value is -2.14. The van der Waals surface area contributed by atoms with Crippen LogP contribution in [0.5, 0.6) is 0 Å². The van der Waals surface area contributed by atoms with Crippen molar-refractivity contribution in [3.8, 4) is 6.07 Å². The maximum Gasteiger partial charge on any atom is 0.243 e. The van der Waals surface area contributed by atoms with E-state index in [0.29, 0.717) is 13.0 Å². The molecule has 0 aliphatic carbocycles. The van der Waals surface area contributed by atoms with Crippen molar-refractivity contribution in [1.29, 1.82) is 5.26 Å². The third-order valence-electron chi connectivity index (χ3n) is 5.22. The van der Waals surface area contributed by atoms with Gasteiger partial charge in [-0.3, -0.25) is 14.4 Å². The summed E-state index contributed by atoms with van der Waals surface area (Å²) in [6.45, 7) is 7.46. The van der Waals surface area contributed by atoms with Crippen molar-refractivity contribution in [2.24, 2.45) is 11.3 Å². The highest BCUT2D eigenvalue weighted by Crippen LogP contribution is 2.22. The second-order valence-electron chi connectivity index (χ2n) is 9.03. The van der Waals surface area contributed by atoms with Crippen molar-refractivity contribution in [3.63, 3.8) is 0 Å². The highest BCUT2D eigenvalue weighted by molar-refractivity contribution is 5.90. The maximum atomic E-state index is 12.9. The average Bonchev–Trinajstić information content (AvgIpc) is 3.16. The van der Waals surface area contributed by atoms with Gasteiger partial charge in [0.15, 0.2) is 0 Å². The van der Waals surface area contributed by atoms with Gasteiger partial charge in [0.1, 0.15) is 12.1 Å². The van der Waals surface area contributed by atoms with Gasteiger partial charge >= 0.3 is 0 Å². The van der Waals surface area contributed by atoms with Gasteiger partial charge in [0.05, 0.1) is 12.1 Å². The lowest BCUT2D eigenvalue weighted by molar-refractivity contribution is -0.131. The summed E-state index contributed by atoms with van der Waals surface area (Å²) in [6, 6.07) is 0.344. The Kier molecular flexibility index (Phi) is 7.81. The molecule has 156 valence electrons. The van der Waals surface area contributed by atoms with Crippen LogP contribution >= 0.6 is 0 Å². The monoisotopic (exact) mass is 391 g/mol. The van der Waals surface area contributed by atoms with E-state index in [1.807, 2.05) is 20.8 Å². The number of carbonyl (C=O) groups excluding carboxylic acids is 3. The van der Waals surface area contributed by atoms with Crippen molar-refractivity contribution < 1.29 is 14.4 Å². The quantitative estimate of drug-likeness (QED) is 0.506. The minimum atomic E-state index is -0.759. The molecule has 2 aliphatic rings. The molecule has 4 N–H and O–H groups in total. The van der Waals surface area contributed by atoms with Crippen LogP contribution in [0.2, 0.25) is 0 Å². The van der Waals surface area contributed by atoms with E-state index in [-0.39, 0.29) is 41.5 Å². The van der Waals surface area contributed by atoms with E-state index in [2.05, 4.69) is 27.3 Å². The summed E-state index contributed by atoms with van der Waals surface area (Å²) in [5.74, 6) is -0.879. The summed E-state index contributed by atoms with van der Waals surface area (Å²) in [7, 11) is 0. The standard InChI is InChI=1S/C20H33N5O3/c1-20(2,3)11-16(25-18(27)15-7-5-8-22-15)19(28)24-14(12-21)10-13-6-4-9-23-17(13)26/h13-16,22H,4-11H2,1-3H3,(H,23,26)(H,24,28)(H,25,27)/t13-,14-,15?,16-/m0/s1. The molecular weight excluding hydrogens is 358 g/mol. The van der Waals surface area contributed by atoms with Gasteiger partial charge in [0, 0.05) is 12.5 Å². The van der Waals surface area contributed by atoms with Crippen molar-refractivity contribution in [3.05, 3.63) is 0 Å². The van der Waals surface area contributed by atoms with Crippen LogP contribution < -0.4 is 21.3 Å². The number of nitrogens with zero attached hydrogens (tertiary/aromatic N) is 1. The molecular formula is C20H33N5O3. The second-order valence-corrected chi connectivity index (χ2v) is 9.03. The van der Waals surface area contributed by atoms with E-state index < -0.39 is 12.1 Å². The number of rotatable bonds is 7. The van der Waals surface area contributed by atoms with E-state index in [1.165, 1.54) is 0 Å². The molecule has 0 radical (unpaired) electrons. The van der Waals surface area contributed by atoms with Crippen LogP contribution in [-0.2, 0) is 14.4 Å². The normalized spacial score (nSPS) is 24.6. The van der Waals surface area contributed by atoms with Gasteiger partial charge in [-0.15, -0.1) is 0 Å². The van der Waals surface area contributed by atoms with Crippen LogP contribution in [0.4, 0.5) is 0 Å². The third kappa shape index (κ3) is 6.79. The maximum absolute atomic E-state index is 12.9. The summed E-state index contributed by atoms with van der Waals surface area (Å²) >= 11 is 0. The smallest absolute Gasteiger partial charge is 0.243 e. The number of nitriles is 1. The molecule has 0 spiro atoms. The molecule has 0 aromatic heterocycles. The highest BCUT2D eigenvalue weighted by atomic mass is 16.2. The Morgan fingerprint density at radius 1 is 1.21 bits per heavy atom. The molecule has 2 fully saturated rings. The number of amides is 3. The molecule has 2 saturated heterocycles. The number of nitrogens with one attached hydrogen (secondary N) is 4. The fourth-order valence-corrected chi connectivity index (χ4v) is 3.76. The predicted molar refractivity (Wildman–Crippen MR) is 105 cm³/mol. The van der Waals surface area contributed by atoms with Crippen LogP contribution in [-0.4, -0.2) is 48.9 Å². The van der Waals surface area contributed by atoms with E-state index >= 15 is 0 Å². The van der Waals surface area contributed by atoms with Crippen LogP contribution in [0, 0.1) is 22.7 Å². The predicted octanol–water partition coefficient (Wildman–Crippen LogP) is 0.584. The van der Waals surface area contributed by atoms with Gasteiger partial charge in [-0.1, -0.05) is 20.8 Å². The van der Waals surface area contributed by atoms with E-state index in [9.17, 15) is 19.6 Å². The van der Waals surface area contributed by atoms with Crippen molar-refractivity contribution in [2.75, 3.05) is 13.1 Å². The number of hydrogen-bond acceptors (Lipinski definition) is 5. The van der Waals surface area contributed by atoms with Crippen molar-refractivity contribution in [1.82, 2.24) is 21.3 Å². The third-order valence-corrected chi connectivity index (χ3v) is 5.22. The van der Waals surface area contributed by atoms with Gasteiger partial charge in [0.25, 0.3) is 0 Å². The van der Waals surface area contributed by atoms with Crippen LogP contribution in [0.15, 0.2) is 0 Å². The minimum Gasteiger partial charge on any atom is -0.356 e. The Balaban J connectivity index is 1.99. The first-order valence-electron chi connectivity index (χ1n) is 10.2. The first-order valence-corrected chi connectivity index (χ1v) is 10.2. The molecule has 0 saturated carbocycles. The largest absolute Gasteiger partial charge is 0.356 e. The zero-order valence-corrected chi connectivity index (χ0v) is 17.1. The molecule has 8 nitrogen and oxygen atoms in total. The Morgan fingerprint density at radius 2 is 1.93 bits per heavy atom. The fraction of sp³-hybridized carbons (Fsp3) is 0.800. The van der Waals surface area contributed by atoms with Crippen LogP contribution in [0.25, 0.3) is 0 Å². The van der Waals surface area contributed by atoms with Crippen LogP contribution in [0.1, 0.15) is 59.3 Å². The highest BCUT2D eigenvalue weighted by Gasteiger charge is 2.32. The molecule has 0 aromatic carbocycles. The van der Waals surface area contributed by atoms with Crippen molar-refractivity contribution >= 4 is 17.7 Å². The van der Waals surface area contributed by atoms with Gasteiger partial charge in [-0.25, -0.2) is 0 Å². The molecule has 0 bridgehead atoms. The molecule has 2 heterocycles. The molecule has 0 aromatic rings. The summed E-state index contributed by atoms with van der Waals surface area (Å²) in [4.78, 5) is 37.3. The Bertz CT molecular complexity index is 616. The summed E-state index contributed by atoms with van der Waals surface area (Å²) < 4.78 is 0. The zero-order chi connectivity index (χ0) is 20.7. The number of carbonyl (C=O) groups is 3.